The number of benzene rings is 3. The summed E-state index contributed by atoms with van der Waals surface area (Å²) in [6, 6.07) is 26.1. The van der Waals surface area contributed by atoms with Crippen LogP contribution in [0, 0.1) is 5.92 Å². The van der Waals surface area contributed by atoms with Crippen molar-refractivity contribution < 1.29 is 23.7 Å². The van der Waals surface area contributed by atoms with Gasteiger partial charge in [-0.3, -0.25) is 0 Å². The van der Waals surface area contributed by atoms with Crippen LogP contribution in [-0.4, -0.2) is 25.0 Å². The van der Waals surface area contributed by atoms with Crippen LogP contribution in [0.2, 0.25) is 0 Å². The predicted molar refractivity (Wildman–Crippen MR) is 133 cm³/mol. The van der Waals surface area contributed by atoms with Crippen LogP contribution < -0.4 is 9.47 Å². The fourth-order valence-electron chi connectivity index (χ4n) is 3.74. The zero-order valence-corrected chi connectivity index (χ0v) is 20.2. The SMILES string of the molecule is CC.CC1CC(COCc2ccccc2)OC(Oc2ccc(OC(=O)c3ccccc3)cc2)C1. The summed E-state index contributed by atoms with van der Waals surface area (Å²) in [7, 11) is 0. The number of carbonyl (C=O) groups excluding carboxylic acids is 1. The minimum Gasteiger partial charge on any atom is -0.465 e. The van der Waals surface area contributed by atoms with Crippen molar-refractivity contribution in [3.8, 4) is 11.5 Å². The van der Waals surface area contributed by atoms with E-state index in [1.165, 1.54) is 0 Å². The lowest BCUT2D eigenvalue weighted by molar-refractivity contribution is -0.177. The number of rotatable bonds is 8. The zero-order valence-electron chi connectivity index (χ0n) is 20.2. The van der Waals surface area contributed by atoms with E-state index in [0.717, 1.165) is 18.4 Å². The molecule has 1 aliphatic heterocycles. The van der Waals surface area contributed by atoms with Gasteiger partial charge < -0.3 is 18.9 Å². The molecule has 1 heterocycles. The summed E-state index contributed by atoms with van der Waals surface area (Å²) in [5.41, 5.74) is 1.66. The van der Waals surface area contributed by atoms with Crippen molar-refractivity contribution in [2.75, 3.05) is 6.61 Å². The van der Waals surface area contributed by atoms with Gasteiger partial charge in [0.25, 0.3) is 0 Å². The molecule has 0 aliphatic carbocycles. The van der Waals surface area contributed by atoms with Crippen LogP contribution in [-0.2, 0) is 16.1 Å². The fraction of sp³-hybridized carbons (Fsp3) is 0.345. The molecule has 0 bridgehead atoms. The molecule has 3 unspecified atom stereocenters. The van der Waals surface area contributed by atoms with Gasteiger partial charge in [0, 0.05) is 6.42 Å². The van der Waals surface area contributed by atoms with Gasteiger partial charge in [-0.25, -0.2) is 4.79 Å². The predicted octanol–water partition coefficient (Wildman–Crippen LogP) is 6.67. The Morgan fingerprint density at radius 3 is 2.15 bits per heavy atom. The molecule has 0 saturated carbocycles. The summed E-state index contributed by atoms with van der Waals surface area (Å²) in [5, 5.41) is 0. The van der Waals surface area contributed by atoms with E-state index in [0.29, 0.717) is 36.2 Å². The number of ether oxygens (including phenoxy) is 4. The summed E-state index contributed by atoms with van der Waals surface area (Å²) in [4.78, 5) is 12.2. The van der Waals surface area contributed by atoms with Crippen molar-refractivity contribution >= 4 is 5.97 Å². The molecule has 0 spiro atoms. The largest absolute Gasteiger partial charge is 0.465 e. The maximum atomic E-state index is 12.2. The van der Waals surface area contributed by atoms with E-state index in [2.05, 4.69) is 19.1 Å². The van der Waals surface area contributed by atoms with Gasteiger partial charge in [0.2, 0.25) is 0 Å². The van der Waals surface area contributed by atoms with E-state index in [4.69, 9.17) is 18.9 Å². The Kier molecular flexibility index (Phi) is 10.1. The molecule has 1 aliphatic rings. The molecule has 1 fully saturated rings. The highest BCUT2D eigenvalue weighted by molar-refractivity contribution is 5.90. The smallest absolute Gasteiger partial charge is 0.343 e. The number of hydrogen-bond donors (Lipinski definition) is 0. The molecule has 34 heavy (non-hydrogen) atoms. The Morgan fingerprint density at radius 1 is 0.853 bits per heavy atom. The van der Waals surface area contributed by atoms with E-state index >= 15 is 0 Å². The quantitative estimate of drug-likeness (QED) is 0.276. The fourth-order valence-corrected chi connectivity index (χ4v) is 3.74. The van der Waals surface area contributed by atoms with Gasteiger partial charge in [0.15, 0.2) is 6.29 Å². The first kappa shape index (κ1) is 25.5. The zero-order chi connectivity index (χ0) is 24.2. The number of hydrogen-bond acceptors (Lipinski definition) is 5. The molecule has 0 N–H and O–H groups in total. The van der Waals surface area contributed by atoms with E-state index in [1.54, 1.807) is 48.5 Å². The highest BCUT2D eigenvalue weighted by Crippen LogP contribution is 2.28. The normalized spacial score (nSPS) is 19.4. The summed E-state index contributed by atoms with van der Waals surface area (Å²) < 4.78 is 23.4. The van der Waals surface area contributed by atoms with Crippen LogP contribution in [0.5, 0.6) is 11.5 Å². The minimum atomic E-state index is -0.387. The highest BCUT2D eigenvalue weighted by Gasteiger charge is 2.28. The van der Waals surface area contributed by atoms with Crippen LogP contribution in [0.25, 0.3) is 0 Å². The molecule has 1 saturated heterocycles. The first-order valence-corrected chi connectivity index (χ1v) is 12.0. The lowest BCUT2D eigenvalue weighted by Gasteiger charge is -2.33. The van der Waals surface area contributed by atoms with Gasteiger partial charge >= 0.3 is 5.97 Å². The third-order valence-electron chi connectivity index (χ3n) is 5.33. The van der Waals surface area contributed by atoms with Crippen molar-refractivity contribution in [3.05, 3.63) is 96.1 Å². The third kappa shape index (κ3) is 8.01. The van der Waals surface area contributed by atoms with Crippen molar-refractivity contribution in [2.24, 2.45) is 5.92 Å². The first-order chi connectivity index (χ1) is 16.7. The standard InChI is InChI=1S/C27H28O5.C2H6/c1-20-16-25(19-29-18-21-8-4-2-5-9-21)31-26(17-20)30-23-12-14-24(15-13-23)32-27(28)22-10-6-3-7-11-22;1-2/h2-15,20,25-26H,16-19H2,1H3;1-2H3. The van der Waals surface area contributed by atoms with Crippen molar-refractivity contribution in [1.82, 2.24) is 0 Å². The van der Waals surface area contributed by atoms with Gasteiger partial charge in [0.05, 0.1) is 24.9 Å². The van der Waals surface area contributed by atoms with Gasteiger partial charge in [0.1, 0.15) is 11.5 Å². The average Bonchev–Trinajstić information content (AvgIpc) is 2.87. The second kappa shape index (κ2) is 13.5. The molecular formula is C29H34O5. The Labute approximate surface area is 202 Å². The van der Waals surface area contributed by atoms with Gasteiger partial charge in [-0.05, 0) is 54.3 Å². The monoisotopic (exact) mass is 462 g/mol. The molecule has 0 aromatic heterocycles. The van der Waals surface area contributed by atoms with Crippen molar-refractivity contribution in [1.29, 1.82) is 0 Å². The van der Waals surface area contributed by atoms with Crippen LogP contribution in [0.3, 0.4) is 0 Å². The summed E-state index contributed by atoms with van der Waals surface area (Å²) >= 11 is 0. The topological polar surface area (TPSA) is 54.0 Å². The second-order valence-electron chi connectivity index (χ2n) is 8.11. The van der Waals surface area contributed by atoms with Crippen LogP contribution in [0.4, 0.5) is 0 Å². The van der Waals surface area contributed by atoms with E-state index < -0.39 is 0 Å². The summed E-state index contributed by atoms with van der Waals surface area (Å²) in [6.45, 7) is 7.31. The van der Waals surface area contributed by atoms with Gasteiger partial charge in [-0.1, -0.05) is 69.3 Å². The second-order valence-corrected chi connectivity index (χ2v) is 8.11. The summed E-state index contributed by atoms with van der Waals surface area (Å²) in [5.74, 6) is 1.23. The van der Waals surface area contributed by atoms with Crippen LogP contribution in [0.1, 0.15) is 49.5 Å². The lowest BCUT2D eigenvalue weighted by Crippen LogP contribution is -2.37. The van der Waals surface area contributed by atoms with Crippen LogP contribution >= 0.6 is 0 Å². The molecule has 3 atom stereocenters. The molecule has 3 aromatic rings. The minimum absolute atomic E-state index is 0.00133. The molecule has 4 rings (SSSR count). The maximum Gasteiger partial charge on any atom is 0.343 e. The Morgan fingerprint density at radius 2 is 1.47 bits per heavy atom. The molecule has 5 nitrogen and oxygen atoms in total. The molecular weight excluding hydrogens is 428 g/mol. The molecule has 5 heteroatoms. The van der Waals surface area contributed by atoms with E-state index in [1.807, 2.05) is 38.1 Å². The molecule has 180 valence electrons. The number of carbonyl (C=O) groups is 1. The van der Waals surface area contributed by atoms with Gasteiger partial charge in [-0.2, -0.15) is 0 Å². The van der Waals surface area contributed by atoms with Crippen LogP contribution in [0.15, 0.2) is 84.9 Å². The highest BCUT2D eigenvalue weighted by atomic mass is 16.7. The first-order valence-electron chi connectivity index (χ1n) is 12.0. The summed E-state index contributed by atoms with van der Waals surface area (Å²) in [6.07, 6.45) is 1.43. The third-order valence-corrected chi connectivity index (χ3v) is 5.33. The van der Waals surface area contributed by atoms with Crippen molar-refractivity contribution in [3.63, 3.8) is 0 Å². The lowest BCUT2D eigenvalue weighted by atomic mass is 9.97. The average molecular weight is 463 g/mol. The van der Waals surface area contributed by atoms with E-state index in [9.17, 15) is 4.79 Å². The Hall–Kier alpha value is -3.15. The van der Waals surface area contributed by atoms with E-state index in [-0.39, 0.29) is 18.4 Å². The number of esters is 1. The Bertz CT molecular complexity index is 972. The Balaban J connectivity index is 0.00000158. The molecule has 0 amide bonds. The maximum absolute atomic E-state index is 12.2. The van der Waals surface area contributed by atoms with Crippen molar-refractivity contribution in [2.45, 2.75) is 52.6 Å². The van der Waals surface area contributed by atoms with Gasteiger partial charge in [-0.15, -0.1) is 0 Å². The molecule has 3 aromatic carbocycles. The molecule has 0 radical (unpaired) electrons.